The van der Waals surface area contributed by atoms with E-state index in [4.69, 9.17) is 4.74 Å². The van der Waals surface area contributed by atoms with Crippen LogP contribution in [0.3, 0.4) is 0 Å². The molecule has 4 heteroatoms. The summed E-state index contributed by atoms with van der Waals surface area (Å²) < 4.78 is 5.07. The molecule has 0 aromatic carbocycles. The van der Waals surface area contributed by atoms with Gasteiger partial charge in [0.2, 0.25) is 0 Å². The average molecular weight is 206 g/mol. The van der Waals surface area contributed by atoms with Gasteiger partial charge in [-0.2, -0.15) is 0 Å². The van der Waals surface area contributed by atoms with Crippen LogP contribution in [0.5, 0.6) is 0 Å². The summed E-state index contributed by atoms with van der Waals surface area (Å²) in [6.07, 6.45) is -0.956. The van der Waals surface area contributed by atoms with E-state index in [1.165, 1.54) is 13.8 Å². The Morgan fingerprint density at radius 1 is 1.08 bits per heavy atom. The van der Waals surface area contributed by atoms with Crippen LogP contribution < -0.4 is 0 Å². The monoisotopic (exact) mass is 206 g/mol. The molecule has 12 heavy (non-hydrogen) atoms. The van der Waals surface area contributed by atoms with Gasteiger partial charge in [-0.25, -0.2) is 0 Å². The Kier molecular flexibility index (Phi) is 7.90. The molecule has 0 amide bonds. The van der Waals surface area contributed by atoms with E-state index in [1.807, 2.05) is 0 Å². The zero-order valence-corrected chi connectivity index (χ0v) is 9.44. The number of hydrogen-bond acceptors (Lipinski definition) is 3. The molecule has 0 bridgehead atoms. The van der Waals surface area contributed by atoms with Gasteiger partial charge in [0.15, 0.2) is 17.7 Å². The van der Waals surface area contributed by atoms with Gasteiger partial charge in [-0.05, 0) is 27.7 Å². The fourth-order valence-electron chi connectivity index (χ4n) is 0.750. The van der Waals surface area contributed by atoms with Crippen molar-refractivity contribution in [1.82, 2.24) is 0 Å². The molecule has 0 aliphatic carbocycles. The normalized spacial score (nSPS) is 9.83. The van der Waals surface area contributed by atoms with Gasteiger partial charge in [-0.1, -0.05) is 0 Å². The molecule has 0 aliphatic heterocycles. The first-order valence-corrected chi connectivity index (χ1v) is 3.61. The molecule has 0 aromatic rings. The maximum atomic E-state index is 10.8. The second kappa shape index (κ2) is 6.52. The Bertz CT molecular complexity index is 152. The standard InChI is InChI=1S/C8H14O3.Ti/c1-5(2)11-8(6(3)9)7(4)10;/h5,8H,1-4H3;. The summed E-state index contributed by atoms with van der Waals surface area (Å²) in [5.74, 6) is -0.461. The smallest absolute Gasteiger partial charge is 0.173 e. The summed E-state index contributed by atoms with van der Waals surface area (Å²) in [7, 11) is 0. The second-order valence-corrected chi connectivity index (χ2v) is 2.79. The third kappa shape index (κ3) is 5.64. The molecule has 0 unspecified atom stereocenters. The topological polar surface area (TPSA) is 43.4 Å². The van der Waals surface area contributed by atoms with E-state index >= 15 is 0 Å². The maximum absolute atomic E-state index is 10.8. The zero-order chi connectivity index (χ0) is 9.02. The van der Waals surface area contributed by atoms with E-state index in [-0.39, 0.29) is 39.4 Å². The number of rotatable bonds is 4. The quantitative estimate of drug-likeness (QED) is 0.508. The van der Waals surface area contributed by atoms with Crippen molar-refractivity contribution in [2.75, 3.05) is 0 Å². The van der Waals surface area contributed by atoms with E-state index in [9.17, 15) is 9.59 Å². The van der Waals surface area contributed by atoms with Gasteiger partial charge < -0.3 is 4.74 Å². The molecule has 0 N–H and O–H groups in total. The van der Waals surface area contributed by atoms with Crippen molar-refractivity contribution in [1.29, 1.82) is 0 Å². The van der Waals surface area contributed by atoms with Crippen molar-refractivity contribution in [3.8, 4) is 0 Å². The zero-order valence-electron chi connectivity index (χ0n) is 7.88. The molecular weight excluding hydrogens is 192 g/mol. The van der Waals surface area contributed by atoms with E-state index in [1.54, 1.807) is 13.8 Å². The van der Waals surface area contributed by atoms with Crippen molar-refractivity contribution < 1.29 is 36.0 Å². The van der Waals surface area contributed by atoms with Gasteiger partial charge in [0.1, 0.15) is 0 Å². The SMILES string of the molecule is CC(=O)C(OC(C)C)C(C)=O.[Ti]. The molecule has 3 nitrogen and oxygen atoms in total. The minimum atomic E-state index is -0.866. The van der Waals surface area contributed by atoms with E-state index in [0.29, 0.717) is 0 Å². The molecule has 0 atom stereocenters. The molecule has 0 radical (unpaired) electrons. The summed E-state index contributed by atoms with van der Waals surface area (Å²) in [5.41, 5.74) is 0. The van der Waals surface area contributed by atoms with Crippen molar-refractivity contribution >= 4 is 11.6 Å². The van der Waals surface area contributed by atoms with Crippen LogP contribution in [0.2, 0.25) is 0 Å². The second-order valence-electron chi connectivity index (χ2n) is 2.79. The predicted octanol–water partition coefficient (Wildman–Crippen LogP) is 0.956. The Morgan fingerprint density at radius 3 is 1.50 bits per heavy atom. The Hall–Kier alpha value is 0.0143. The summed E-state index contributed by atoms with van der Waals surface area (Å²) in [6, 6.07) is 0. The fourth-order valence-corrected chi connectivity index (χ4v) is 0.750. The van der Waals surface area contributed by atoms with Gasteiger partial charge in [-0.3, -0.25) is 9.59 Å². The Morgan fingerprint density at radius 2 is 1.42 bits per heavy atom. The van der Waals surface area contributed by atoms with Crippen LogP contribution in [0.25, 0.3) is 0 Å². The maximum Gasteiger partial charge on any atom is 0.173 e. The number of carbonyl (C=O) groups excluding carboxylic acids is 2. The van der Waals surface area contributed by atoms with E-state index in [2.05, 4.69) is 0 Å². The molecular formula is C8H14O3Ti. The van der Waals surface area contributed by atoms with Gasteiger partial charge >= 0.3 is 0 Å². The number of Topliss-reactive ketones (excluding diaryl/α,β-unsaturated/α-hetero) is 2. The summed E-state index contributed by atoms with van der Waals surface area (Å²) >= 11 is 0. The number of ether oxygens (including phenoxy) is 1. The first-order valence-electron chi connectivity index (χ1n) is 3.61. The Labute approximate surface area is 87.7 Å². The van der Waals surface area contributed by atoms with Gasteiger partial charge in [0, 0.05) is 21.7 Å². The predicted molar refractivity (Wildman–Crippen MR) is 41.4 cm³/mol. The molecule has 0 spiro atoms. The van der Waals surface area contributed by atoms with Gasteiger partial charge in [0.25, 0.3) is 0 Å². The molecule has 0 heterocycles. The molecule has 0 rings (SSSR count). The molecule has 0 aliphatic rings. The fraction of sp³-hybridized carbons (Fsp3) is 0.750. The first kappa shape index (κ1) is 14.5. The van der Waals surface area contributed by atoms with Crippen molar-refractivity contribution in [3.05, 3.63) is 0 Å². The minimum Gasteiger partial charge on any atom is -0.360 e. The van der Waals surface area contributed by atoms with Crippen LogP contribution in [0.1, 0.15) is 27.7 Å². The molecule has 0 fully saturated rings. The molecule has 68 valence electrons. The van der Waals surface area contributed by atoms with Crippen molar-refractivity contribution in [2.24, 2.45) is 0 Å². The minimum absolute atomic E-state index is 0. The van der Waals surface area contributed by atoms with Gasteiger partial charge in [0.05, 0.1) is 6.10 Å². The molecule has 0 aromatic heterocycles. The summed E-state index contributed by atoms with van der Waals surface area (Å²) in [5, 5.41) is 0. The number of carbonyl (C=O) groups is 2. The van der Waals surface area contributed by atoms with E-state index < -0.39 is 6.10 Å². The third-order valence-electron chi connectivity index (χ3n) is 1.15. The summed E-state index contributed by atoms with van der Waals surface area (Å²) in [4.78, 5) is 21.6. The number of ketones is 2. The van der Waals surface area contributed by atoms with E-state index in [0.717, 1.165) is 0 Å². The van der Waals surface area contributed by atoms with Crippen LogP contribution in [-0.4, -0.2) is 23.8 Å². The Balaban J connectivity index is 0. The summed E-state index contributed by atoms with van der Waals surface area (Å²) in [6.45, 7) is 6.29. The van der Waals surface area contributed by atoms with Crippen molar-refractivity contribution in [2.45, 2.75) is 39.9 Å². The first-order chi connectivity index (χ1) is 4.95. The molecule has 0 saturated heterocycles. The van der Waals surface area contributed by atoms with Crippen LogP contribution >= 0.6 is 0 Å². The van der Waals surface area contributed by atoms with Crippen molar-refractivity contribution in [3.63, 3.8) is 0 Å². The largest absolute Gasteiger partial charge is 0.360 e. The van der Waals surface area contributed by atoms with Gasteiger partial charge in [-0.15, -0.1) is 0 Å². The van der Waals surface area contributed by atoms with Crippen LogP contribution in [0, 0.1) is 0 Å². The number of hydrogen-bond donors (Lipinski definition) is 0. The molecule has 0 saturated carbocycles. The van der Waals surface area contributed by atoms with Crippen LogP contribution in [0.4, 0.5) is 0 Å². The average Bonchev–Trinajstić information content (AvgIpc) is 1.81. The van der Waals surface area contributed by atoms with Crippen LogP contribution in [0.15, 0.2) is 0 Å². The third-order valence-corrected chi connectivity index (χ3v) is 1.15. The van der Waals surface area contributed by atoms with Crippen LogP contribution in [-0.2, 0) is 36.0 Å².